The van der Waals surface area contributed by atoms with E-state index in [2.05, 4.69) is 4.98 Å². The number of methoxy groups -OCH3 is 1. The van der Waals surface area contributed by atoms with Gasteiger partial charge in [-0.3, -0.25) is 0 Å². The monoisotopic (exact) mass is 227 g/mol. The molecule has 0 saturated heterocycles. The lowest BCUT2D eigenvalue weighted by Crippen LogP contribution is -2.07. The Bertz CT molecular complexity index is 415. The summed E-state index contributed by atoms with van der Waals surface area (Å²) in [6.07, 6.45) is -2.84. The first-order valence-corrected chi connectivity index (χ1v) is 4.55. The highest BCUT2D eigenvalue weighted by Crippen LogP contribution is 2.29. The molecule has 0 saturated carbocycles. The van der Waals surface area contributed by atoms with Gasteiger partial charge in [0.1, 0.15) is 0 Å². The van der Waals surface area contributed by atoms with Gasteiger partial charge < -0.3 is 10.5 Å². The van der Waals surface area contributed by atoms with Gasteiger partial charge in [0.2, 0.25) is 5.88 Å². The summed E-state index contributed by atoms with van der Waals surface area (Å²) in [5.41, 5.74) is 5.53. The van der Waals surface area contributed by atoms with Crippen molar-refractivity contribution in [3.8, 4) is 11.9 Å². The minimum absolute atomic E-state index is 0.0415. The number of ether oxygens (including phenoxy) is 1. The minimum atomic E-state index is -2.68. The number of rotatable bonds is 4. The van der Waals surface area contributed by atoms with Crippen LogP contribution in [0.5, 0.6) is 5.88 Å². The first-order chi connectivity index (χ1) is 7.63. The number of hydrogen-bond acceptors (Lipinski definition) is 4. The standard InChI is InChI=1S/C10H11F2N3O/c1-16-10-7(2-3-13)8(9(11)12)4-6(5-14)15-10/h4,9H,2,5,14H2,1H3. The zero-order chi connectivity index (χ0) is 12.1. The lowest BCUT2D eigenvalue weighted by molar-refractivity contribution is 0.149. The fourth-order valence-electron chi connectivity index (χ4n) is 1.35. The molecule has 0 aromatic carbocycles. The molecule has 1 aromatic heterocycles. The Balaban J connectivity index is 3.36. The number of nitrogens with zero attached hydrogens (tertiary/aromatic N) is 2. The Morgan fingerprint density at radius 3 is 2.75 bits per heavy atom. The summed E-state index contributed by atoms with van der Waals surface area (Å²) in [5.74, 6) is 0.0415. The fourth-order valence-corrected chi connectivity index (χ4v) is 1.35. The molecule has 6 heteroatoms. The Hall–Kier alpha value is -1.74. The quantitative estimate of drug-likeness (QED) is 0.847. The predicted molar refractivity (Wildman–Crippen MR) is 53.0 cm³/mol. The first kappa shape index (κ1) is 12.3. The molecule has 2 N–H and O–H groups in total. The summed E-state index contributed by atoms with van der Waals surface area (Å²) in [6.45, 7) is 0.0446. The molecule has 1 rings (SSSR count). The van der Waals surface area contributed by atoms with Crippen LogP contribution in [0.2, 0.25) is 0 Å². The molecular formula is C10H11F2N3O. The van der Waals surface area contributed by atoms with Crippen LogP contribution in [0.25, 0.3) is 0 Å². The molecule has 1 heterocycles. The van der Waals surface area contributed by atoms with Gasteiger partial charge in [0.05, 0.1) is 25.3 Å². The van der Waals surface area contributed by atoms with Gasteiger partial charge >= 0.3 is 0 Å². The molecular weight excluding hydrogens is 216 g/mol. The summed E-state index contributed by atoms with van der Waals surface area (Å²) in [5, 5.41) is 8.57. The van der Waals surface area contributed by atoms with E-state index in [-0.39, 0.29) is 30.0 Å². The van der Waals surface area contributed by atoms with Gasteiger partial charge in [0, 0.05) is 17.7 Å². The van der Waals surface area contributed by atoms with Gasteiger partial charge in [-0.15, -0.1) is 0 Å². The van der Waals surface area contributed by atoms with E-state index in [9.17, 15) is 8.78 Å². The van der Waals surface area contributed by atoms with Crippen LogP contribution in [-0.2, 0) is 13.0 Å². The molecule has 0 atom stereocenters. The van der Waals surface area contributed by atoms with Crippen LogP contribution in [0.4, 0.5) is 8.78 Å². The van der Waals surface area contributed by atoms with Gasteiger partial charge in [-0.05, 0) is 6.07 Å². The second-order valence-electron chi connectivity index (χ2n) is 3.03. The molecule has 0 aliphatic carbocycles. The van der Waals surface area contributed by atoms with Crippen LogP contribution in [-0.4, -0.2) is 12.1 Å². The zero-order valence-corrected chi connectivity index (χ0v) is 8.70. The van der Waals surface area contributed by atoms with Crippen molar-refractivity contribution in [2.24, 2.45) is 5.73 Å². The largest absolute Gasteiger partial charge is 0.481 e. The summed E-state index contributed by atoms with van der Waals surface area (Å²) in [7, 11) is 1.32. The third-order valence-electron chi connectivity index (χ3n) is 2.07. The molecule has 1 aromatic rings. The van der Waals surface area contributed by atoms with E-state index >= 15 is 0 Å². The average Bonchev–Trinajstić information content (AvgIpc) is 2.29. The molecule has 4 nitrogen and oxygen atoms in total. The number of pyridine rings is 1. The second kappa shape index (κ2) is 5.37. The van der Waals surface area contributed by atoms with Crippen LogP contribution >= 0.6 is 0 Å². The third kappa shape index (κ3) is 2.44. The van der Waals surface area contributed by atoms with Crippen LogP contribution in [0, 0.1) is 11.3 Å². The maximum atomic E-state index is 12.7. The van der Waals surface area contributed by atoms with Crippen LogP contribution in [0.3, 0.4) is 0 Å². The molecule has 0 bridgehead atoms. The highest BCUT2D eigenvalue weighted by molar-refractivity contribution is 5.39. The number of halogens is 2. The number of alkyl halides is 2. The number of nitrogens with two attached hydrogens (primary N) is 1. The lowest BCUT2D eigenvalue weighted by atomic mass is 10.1. The van der Waals surface area contributed by atoms with Gasteiger partial charge in [0.15, 0.2) is 0 Å². The van der Waals surface area contributed by atoms with Crippen molar-refractivity contribution in [3.63, 3.8) is 0 Å². The van der Waals surface area contributed by atoms with Gasteiger partial charge in [-0.25, -0.2) is 13.8 Å². The molecule has 0 aliphatic heterocycles. The van der Waals surface area contributed by atoms with Crippen molar-refractivity contribution in [2.45, 2.75) is 19.4 Å². The average molecular weight is 227 g/mol. The first-order valence-electron chi connectivity index (χ1n) is 4.55. The normalized spacial score (nSPS) is 10.2. The number of nitriles is 1. The van der Waals surface area contributed by atoms with Crippen molar-refractivity contribution in [1.82, 2.24) is 4.98 Å². The van der Waals surface area contributed by atoms with Gasteiger partial charge in [-0.2, -0.15) is 5.26 Å². The SMILES string of the molecule is COc1nc(CN)cc(C(F)F)c1CC#N. The molecule has 86 valence electrons. The van der Waals surface area contributed by atoms with E-state index < -0.39 is 6.43 Å². The van der Waals surface area contributed by atoms with Crippen LogP contribution < -0.4 is 10.5 Å². The molecule has 0 aliphatic rings. The maximum Gasteiger partial charge on any atom is 0.264 e. The molecule has 0 radical (unpaired) electrons. The summed E-state index contributed by atoms with van der Waals surface area (Å²) in [4.78, 5) is 3.94. The van der Waals surface area contributed by atoms with Crippen molar-refractivity contribution < 1.29 is 13.5 Å². The summed E-state index contributed by atoms with van der Waals surface area (Å²) < 4.78 is 30.4. The molecule has 0 unspecified atom stereocenters. The highest BCUT2D eigenvalue weighted by atomic mass is 19.3. The number of aromatic nitrogens is 1. The molecule has 0 amide bonds. The Morgan fingerprint density at radius 1 is 1.62 bits per heavy atom. The van der Waals surface area contributed by atoms with Crippen molar-refractivity contribution in [1.29, 1.82) is 5.26 Å². The zero-order valence-electron chi connectivity index (χ0n) is 8.70. The van der Waals surface area contributed by atoms with Crippen molar-refractivity contribution in [2.75, 3.05) is 7.11 Å². The predicted octanol–water partition coefficient (Wildman–Crippen LogP) is 1.55. The summed E-state index contributed by atoms with van der Waals surface area (Å²) >= 11 is 0. The van der Waals surface area contributed by atoms with E-state index in [1.807, 2.05) is 0 Å². The summed E-state index contributed by atoms with van der Waals surface area (Å²) in [6, 6.07) is 3.02. The number of hydrogen-bond donors (Lipinski definition) is 1. The lowest BCUT2D eigenvalue weighted by Gasteiger charge is -2.12. The van der Waals surface area contributed by atoms with E-state index in [0.717, 1.165) is 0 Å². The maximum absolute atomic E-state index is 12.7. The van der Waals surface area contributed by atoms with E-state index in [4.69, 9.17) is 15.7 Å². The minimum Gasteiger partial charge on any atom is -0.481 e. The Labute approximate surface area is 91.7 Å². The fraction of sp³-hybridized carbons (Fsp3) is 0.400. The highest BCUT2D eigenvalue weighted by Gasteiger charge is 2.19. The van der Waals surface area contributed by atoms with Crippen LogP contribution in [0.15, 0.2) is 6.07 Å². The van der Waals surface area contributed by atoms with Crippen molar-refractivity contribution >= 4 is 0 Å². The molecule has 0 spiro atoms. The van der Waals surface area contributed by atoms with E-state index in [0.29, 0.717) is 5.69 Å². The molecule has 16 heavy (non-hydrogen) atoms. The van der Waals surface area contributed by atoms with Crippen molar-refractivity contribution in [3.05, 3.63) is 22.9 Å². The topological polar surface area (TPSA) is 71.9 Å². The third-order valence-corrected chi connectivity index (χ3v) is 2.07. The smallest absolute Gasteiger partial charge is 0.264 e. The Kier molecular flexibility index (Phi) is 4.14. The Morgan fingerprint density at radius 2 is 2.31 bits per heavy atom. The second-order valence-corrected chi connectivity index (χ2v) is 3.03. The van der Waals surface area contributed by atoms with E-state index in [1.54, 1.807) is 6.07 Å². The van der Waals surface area contributed by atoms with Crippen LogP contribution in [0.1, 0.15) is 23.2 Å². The van der Waals surface area contributed by atoms with E-state index in [1.165, 1.54) is 13.2 Å². The van der Waals surface area contributed by atoms with Gasteiger partial charge in [-0.1, -0.05) is 0 Å². The molecule has 0 fully saturated rings. The van der Waals surface area contributed by atoms with Gasteiger partial charge in [0.25, 0.3) is 6.43 Å².